The summed E-state index contributed by atoms with van der Waals surface area (Å²) in [6.45, 7) is 3.29. The van der Waals surface area contributed by atoms with Gasteiger partial charge in [0.05, 0.1) is 12.1 Å². The van der Waals surface area contributed by atoms with Crippen molar-refractivity contribution in [3.63, 3.8) is 0 Å². The van der Waals surface area contributed by atoms with Crippen LogP contribution in [0.15, 0.2) is 18.2 Å². The van der Waals surface area contributed by atoms with Crippen molar-refractivity contribution in [1.29, 1.82) is 0 Å². The molecule has 132 valence electrons. The fraction of sp³-hybridized carbons (Fsp3) is 0.429. The second-order valence-corrected chi connectivity index (χ2v) is 5.89. The van der Waals surface area contributed by atoms with E-state index in [4.69, 9.17) is 26.3 Å². The maximum absolute atomic E-state index is 13.6. The van der Waals surface area contributed by atoms with Crippen molar-refractivity contribution < 1.29 is 28.7 Å². The van der Waals surface area contributed by atoms with Gasteiger partial charge in [0.1, 0.15) is 12.0 Å². The summed E-state index contributed by atoms with van der Waals surface area (Å²) in [6.07, 6.45) is -0.593. The van der Waals surface area contributed by atoms with E-state index < -0.39 is 37.7 Å². The number of nitrogens with one attached hydrogen (secondary N) is 2. The molecule has 1 atom stereocenters. The first-order valence-electron chi connectivity index (χ1n) is 7.23. The molecule has 1 aromatic rings. The number of benzene rings is 1. The normalized spacial score (nSPS) is 12.0. The Labute approximate surface area is 144 Å². The topological polar surface area (TPSA) is 108 Å². The van der Waals surface area contributed by atoms with Gasteiger partial charge < -0.3 is 25.3 Å². The minimum absolute atomic E-state index is 0.117. The minimum Gasteiger partial charge on any atom is -0.402 e. The lowest BCUT2D eigenvalue weighted by Crippen LogP contribution is -2.46. The van der Waals surface area contributed by atoms with Gasteiger partial charge in [0.25, 0.3) is 5.91 Å². The van der Waals surface area contributed by atoms with E-state index in [1.807, 2.05) is 13.8 Å². The molecule has 0 fully saturated rings. The molecule has 0 heterocycles. The largest absolute Gasteiger partial charge is 0.635 e. The van der Waals surface area contributed by atoms with Crippen LogP contribution in [0.1, 0.15) is 30.6 Å². The van der Waals surface area contributed by atoms with Crippen molar-refractivity contribution in [3.05, 3.63) is 34.6 Å². The lowest BCUT2D eigenvalue weighted by molar-refractivity contribution is -0.123. The molecule has 10 heteroatoms. The average Bonchev–Trinajstić information content (AvgIpc) is 2.43. The zero-order valence-electron chi connectivity index (χ0n) is 13.3. The third-order valence-electron chi connectivity index (χ3n) is 2.88. The van der Waals surface area contributed by atoms with E-state index in [1.54, 1.807) is 0 Å². The molecule has 2 amide bonds. The Morgan fingerprint density at radius 3 is 2.58 bits per heavy atom. The number of halogens is 2. The monoisotopic (exact) mass is 360 g/mol. The van der Waals surface area contributed by atoms with E-state index >= 15 is 0 Å². The Morgan fingerprint density at radius 2 is 2.04 bits per heavy atom. The molecule has 0 saturated carbocycles. The van der Waals surface area contributed by atoms with Crippen molar-refractivity contribution in [1.82, 2.24) is 10.6 Å². The van der Waals surface area contributed by atoms with Gasteiger partial charge in [-0.2, -0.15) is 0 Å². The quantitative estimate of drug-likeness (QED) is 0.403. The first-order chi connectivity index (χ1) is 11.2. The van der Waals surface area contributed by atoms with E-state index in [0.717, 1.165) is 6.07 Å². The van der Waals surface area contributed by atoms with Crippen molar-refractivity contribution >= 4 is 30.7 Å². The Kier molecular flexibility index (Phi) is 8.13. The molecule has 7 nitrogen and oxygen atoms in total. The molecule has 24 heavy (non-hydrogen) atoms. The summed E-state index contributed by atoms with van der Waals surface area (Å²) in [5.74, 6) is -2.08. The van der Waals surface area contributed by atoms with Crippen LogP contribution < -0.4 is 10.6 Å². The van der Waals surface area contributed by atoms with Crippen molar-refractivity contribution in [2.24, 2.45) is 5.92 Å². The summed E-state index contributed by atoms with van der Waals surface area (Å²) in [7, 11) is -2.04. The van der Waals surface area contributed by atoms with E-state index in [0.29, 0.717) is 6.42 Å². The molecule has 0 saturated heterocycles. The summed E-state index contributed by atoms with van der Waals surface area (Å²) >= 11 is 5.60. The number of carbonyl (C=O) groups excluding carboxylic acids is 2. The van der Waals surface area contributed by atoms with Crippen molar-refractivity contribution in [2.45, 2.75) is 26.5 Å². The second-order valence-electron chi connectivity index (χ2n) is 5.45. The molecule has 1 rings (SSSR count). The molecule has 0 aliphatic rings. The second kappa shape index (κ2) is 9.58. The van der Waals surface area contributed by atoms with Gasteiger partial charge in [0.15, 0.2) is 0 Å². The molecule has 0 aromatic heterocycles. The molecule has 0 aliphatic carbocycles. The predicted octanol–water partition coefficient (Wildman–Crippen LogP) is 0.683. The summed E-state index contributed by atoms with van der Waals surface area (Å²) in [5, 5.41) is 22.5. The van der Waals surface area contributed by atoms with Crippen LogP contribution in [0.4, 0.5) is 4.39 Å². The van der Waals surface area contributed by atoms with Gasteiger partial charge in [-0.1, -0.05) is 25.4 Å². The van der Waals surface area contributed by atoms with Gasteiger partial charge in [0, 0.05) is 5.02 Å². The fourth-order valence-corrected chi connectivity index (χ4v) is 2.04. The summed E-state index contributed by atoms with van der Waals surface area (Å²) in [6, 6.07) is 3.55. The zero-order valence-corrected chi connectivity index (χ0v) is 14.0. The maximum atomic E-state index is 13.6. The number of hydrogen-bond donors (Lipinski definition) is 4. The SMILES string of the molecule is CC(C)C[C@H](NC(=O)CNC(=O)c1ccc(Cl)cc1F)OB(O)O. The zero-order chi connectivity index (χ0) is 18.3. The highest BCUT2D eigenvalue weighted by atomic mass is 35.5. The Hall–Kier alpha value is -1.68. The fourth-order valence-electron chi connectivity index (χ4n) is 1.88. The summed E-state index contributed by atoms with van der Waals surface area (Å²) in [5.41, 5.74) is -0.243. The van der Waals surface area contributed by atoms with E-state index in [2.05, 4.69) is 10.6 Å². The molecule has 0 spiro atoms. The standard InChI is InChI=1S/C14H19BClFN2O5/c1-8(2)5-13(24-15(22)23)19-12(20)7-18-14(21)10-4-3-9(16)6-11(10)17/h3-4,6,8,13,22-23H,5,7H2,1-2H3,(H,18,21)(H,19,20)/t13-/m1/s1. The molecule has 4 N–H and O–H groups in total. The lowest BCUT2D eigenvalue weighted by Gasteiger charge is -2.21. The van der Waals surface area contributed by atoms with Crippen LogP contribution in [0.5, 0.6) is 0 Å². The van der Waals surface area contributed by atoms with Gasteiger partial charge in [0.2, 0.25) is 5.91 Å². The van der Waals surface area contributed by atoms with Gasteiger partial charge in [-0.15, -0.1) is 0 Å². The number of hydrogen-bond acceptors (Lipinski definition) is 5. The van der Waals surface area contributed by atoms with Crippen LogP contribution in [0.25, 0.3) is 0 Å². The predicted molar refractivity (Wildman–Crippen MR) is 86.4 cm³/mol. The molecular weight excluding hydrogens is 341 g/mol. The van der Waals surface area contributed by atoms with Crippen LogP contribution in [-0.4, -0.2) is 42.0 Å². The molecule has 1 aromatic carbocycles. The Bertz CT molecular complexity index is 578. The van der Waals surface area contributed by atoms with Gasteiger partial charge >= 0.3 is 7.32 Å². The molecule has 0 bridgehead atoms. The van der Waals surface area contributed by atoms with Gasteiger partial charge in [-0.25, -0.2) is 4.39 Å². The third-order valence-corrected chi connectivity index (χ3v) is 3.11. The number of amides is 2. The van der Waals surface area contributed by atoms with Crippen LogP contribution in [0, 0.1) is 11.7 Å². The van der Waals surface area contributed by atoms with E-state index in [9.17, 15) is 14.0 Å². The first-order valence-corrected chi connectivity index (χ1v) is 7.61. The van der Waals surface area contributed by atoms with Crippen molar-refractivity contribution in [3.8, 4) is 0 Å². The summed E-state index contributed by atoms with van der Waals surface area (Å²) in [4.78, 5) is 23.6. The Balaban J connectivity index is 2.55. The Morgan fingerprint density at radius 1 is 1.38 bits per heavy atom. The number of rotatable bonds is 8. The smallest absolute Gasteiger partial charge is 0.402 e. The average molecular weight is 361 g/mol. The first kappa shape index (κ1) is 20.4. The van der Waals surface area contributed by atoms with Crippen molar-refractivity contribution in [2.75, 3.05) is 6.54 Å². The van der Waals surface area contributed by atoms with Gasteiger partial charge in [-0.05, 0) is 30.5 Å². The van der Waals surface area contributed by atoms with Crippen LogP contribution >= 0.6 is 11.6 Å². The highest BCUT2D eigenvalue weighted by molar-refractivity contribution is 6.32. The van der Waals surface area contributed by atoms with Crippen LogP contribution in [0.3, 0.4) is 0 Å². The molecule has 0 aliphatic heterocycles. The van der Waals surface area contributed by atoms with Crippen LogP contribution in [-0.2, 0) is 9.45 Å². The lowest BCUT2D eigenvalue weighted by atomic mass is 10.1. The maximum Gasteiger partial charge on any atom is 0.635 e. The van der Waals surface area contributed by atoms with Crippen LogP contribution in [0.2, 0.25) is 5.02 Å². The minimum atomic E-state index is -2.04. The molecule has 0 radical (unpaired) electrons. The van der Waals surface area contributed by atoms with E-state index in [-0.39, 0.29) is 16.5 Å². The number of carbonyl (C=O) groups is 2. The molecule has 0 unspecified atom stereocenters. The van der Waals surface area contributed by atoms with Gasteiger partial charge in [-0.3, -0.25) is 9.59 Å². The third kappa shape index (κ3) is 7.26. The highest BCUT2D eigenvalue weighted by Gasteiger charge is 2.21. The highest BCUT2D eigenvalue weighted by Crippen LogP contribution is 2.14. The van der Waals surface area contributed by atoms with E-state index in [1.165, 1.54) is 12.1 Å². The molecular formula is C14H19BClFN2O5. The summed E-state index contributed by atoms with van der Waals surface area (Å²) < 4.78 is 18.3.